The van der Waals surface area contributed by atoms with E-state index in [9.17, 15) is 61.0 Å². The van der Waals surface area contributed by atoms with Gasteiger partial charge in [-0.1, -0.05) is 271 Å². The van der Waals surface area contributed by atoms with E-state index in [0.29, 0.717) is 12.8 Å². The fourth-order valence-corrected chi connectivity index (χ4v) is 12.2. The Kier molecular flexibility index (Phi) is 53.3. The lowest BCUT2D eigenvalue weighted by Crippen LogP contribution is -2.66. The third-order valence-corrected chi connectivity index (χ3v) is 18.4. The van der Waals surface area contributed by atoms with Crippen molar-refractivity contribution in [3.63, 3.8) is 0 Å². The van der Waals surface area contributed by atoms with Crippen LogP contribution in [0.5, 0.6) is 0 Å². The van der Waals surface area contributed by atoms with Gasteiger partial charge in [0.05, 0.1) is 38.6 Å². The minimum absolute atomic E-state index is 0.247. The molecular weight excluding hydrogens is 1250 g/mol. The quantitative estimate of drug-likeness (QED) is 0.0199. The number of aliphatic hydroxyl groups excluding tert-OH is 11. The van der Waals surface area contributed by atoms with Gasteiger partial charge in [0.1, 0.15) is 73.2 Å². The Morgan fingerprint density at radius 1 is 0.378 bits per heavy atom. The van der Waals surface area contributed by atoms with Crippen LogP contribution in [0.2, 0.25) is 0 Å². The van der Waals surface area contributed by atoms with Crippen LogP contribution in [0.1, 0.15) is 251 Å². The minimum Gasteiger partial charge on any atom is -0.394 e. The van der Waals surface area contributed by atoms with Crippen LogP contribution in [0.3, 0.4) is 0 Å². The van der Waals surface area contributed by atoms with E-state index in [0.717, 1.165) is 128 Å². The molecule has 3 heterocycles. The molecule has 3 aliphatic rings. The number of aliphatic hydroxyl groups is 11. The van der Waals surface area contributed by atoms with Gasteiger partial charge in [0, 0.05) is 6.42 Å². The van der Waals surface area contributed by atoms with Crippen molar-refractivity contribution in [2.45, 2.75) is 356 Å². The largest absolute Gasteiger partial charge is 0.394 e. The predicted molar refractivity (Wildman–Crippen MR) is 387 cm³/mol. The van der Waals surface area contributed by atoms with Gasteiger partial charge in [-0.05, 0) is 83.5 Å². The number of carbonyl (C=O) groups is 1. The lowest BCUT2D eigenvalue weighted by Gasteiger charge is -2.48. The van der Waals surface area contributed by atoms with Crippen LogP contribution in [0.15, 0.2) is 109 Å². The smallest absolute Gasteiger partial charge is 0.220 e. The maximum absolute atomic E-state index is 13.5. The van der Waals surface area contributed by atoms with Gasteiger partial charge in [-0.2, -0.15) is 0 Å². The molecule has 17 unspecified atom stereocenters. The molecule has 0 aromatic carbocycles. The lowest BCUT2D eigenvalue weighted by atomic mass is 9.96. The SMILES string of the molecule is CC/C=C\C/C=C\C/C=C\C/C=C\C/C=C\C/C=C\C/C=C\C/C=C\C/C=C\CCCCCCCCCC(=O)NC(COC1OC(CO)C(OC2OC(CO)C(OC3OC(CO)C(O)C(O)C3O)C(O)C2O)C(O)C1O)C(O)CCCCCCCCCCCCCCCCCCCC. The topological polar surface area (TPSA) is 307 Å². The van der Waals surface area contributed by atoms with Crippen molar-refractivity contribution in [3.05, 3.63) is 109 Å². The summed E-state index contributed by atoms with van der Waals surface area (Å²) >= 11 is 0. The summed E-state index contributed by atoms with van der Waals surface area (Å²) in [5.74, 6) is -0.257. The number of hydrogen-bond acceptors (Lipinski definition) is 18. The minimum atomic E-state index is -1.98. The number of unbranched alkanes of at least 4 members (excludes halogenated alkanes) is 24. The van der Waals surface area contributed by atoms with Crippen molar-refractivity contribution in [2.24, 2.45) is 0 Å². The summed E-state index contributed by atoms with van der Waals surface area (Å²) in [6.45, 7) is 1.68. The summed E-state index contributed by atoms with van der Waals surface area (Å²) in [7, 11) is 0. The molecule has 3 aliphatic heterocycles. The van der Waals surface area contributed by atoms with E-state index in [2.05, 4.69) is 129 Å². The van der Waals surface area contributed by atoms with Gasteiger partial charge < -0.3 is 89.9 Å². The second-order valence-electron chi connectivity index (χ2n) is 26.7. The first-order valence-corrected chi connectivity index (χ1v) is 38.1. The molecule has 0 aromatic rings. The monoisotopic (exact) mass is 1390 g/mol. The standard InChI is InChI=1S/C79H135NO18/c1-3-5-7-9-11-13-15-17-19-21-23-24-25-26-27-28-29-30-31-32-33-34-35-36-37-38-39-41-43-45-47-49-51-53-55-57-67(85)80-62(63(84)56-54-52-50-48-46-44-42-40-22-20-18-16-14-12-10-8-6-4-2)61-93-77-73(91)70(88)75(65(59-82)95-77)98-79-74(92)71(89)76(66(60-83)96-79)97-78-72(90)69(87)68(86)64(58-81)94-78/h5,7,11,13,17,19,23-24,26-27,29-30,32-33,35-36,38-39,62-66,68-79,81-84,86-92H,3-4,6,8-10,12,14-16,18,20-22,25,28,31,34,37,40-61H2,1-2H3,(H,80,85)/b7-5-,13-11-,19-17-,24-23-,27-26-,30-29-,33-32-,36-35-,39-38-. The molecule has 1 amide bonds. The van der Waals surface area contributed by atoms with Crippen molar-refractivity contribution in [3.8, 4) is 0 Å². The molecule has 3 rings (SSSR count). The van der Waals surface area contributed by atoms with Gasteiger partial charge in [0.25, 0.3) is 0 Å². The molecule has 0 radical (unpaired) electrons. The van der Waals surface area contributed by atoms with Crippen LogP contribution >= 0.6 is 0 Å². The highest BCUT2D eigenvalue weighted by molar-refractivity contribution is 5.76. The molecule has 0 aromatic heterocycles. The van der Waals surface area contributed by atoms with Crippen molar-refractivity contribution in [2.75, 3.05) is 26.4 Å². The van der Waals surface area contributed by atoms with Gasteiger partial charge >= 0.3 is 0 Å². The summed E-state index contributed by atoms with van der Waals surface area (Å²) in [4.78, 5) is 13.5. The molecule has 0 aliphatic carbocycles. The molecule has 98 heavy (non-hydrogen) atoms. The number of ether oxygens (including phenoxy) is 6. The van der Waals surface area contributed by atoms with Crippen molar-refractivity contribution in [1.82, 2.24) is 5.32 Å². The Labute approximate surface area is 589 Å². The molecule has 19 nitrogen and oxygen atoms in total. The van der Waals surface area contributed by atoms with Gasteiger partial charge in [0.15, 0.2) is 18.9 Å². The Hall–Kier alpha value is -3.55. The van der Waals surface area contributed by atoms with E-state index in [1.165, 1.54) is 89.9 Å². The highest BCUT2D eigenvalue weighted by atomic mass is 16.8. The average molecular weight is 1390 g/mol. The fourth-order valence-electron chi connectivity index (χ4n) is 12.2. The zero-order chi connectivity index (χ0) is 71.1. The van der Waals surface area contributed by atoms with E-state index in [4.69, 9.17) is 28.4 Å². The molecule has 19 heteroatoms. The van der Waals surface area contributed by atoms with E-state index in [-0.39, 0.29) is 18.9 Å². The zero-order valence-corrected chi connectivity index (χ0v) is 60.0. The van der Waals surface area contributed by atoms with Crippen molar-refractivity contribution >= 4 is 5.91 Å². The van der Waals surface area contributed by atoms with Crippen LogP contribution in [-0.2, 0) is 33.2 Å². The number of rotatable bonds is 58. The average Bonchev–Trinajstić information content (AvgIpc) is 0.785. The highest BCUT2D eigenvalue weighted by Gasteiger charge is 2.53. The number of hydrogen-bond donors (Lipinski definition) is 12. The molecule has 3 fully saturated rings. The van der Waals surface area contributed by atoms with E-state index >= 15 is 0 Å². The van der Waals surface area contributed by atoms with Crippen LogP contribution in [0.25, 0.3) is 0 Å². The van der Waals surface area contributed by atoms with Crippen LogP contribution < -0.4 is 5.32 Å². The lowest BCUT2D eigenvalue weighted by molar-refractivity contribution is -0.379. The van der Waals surface area contributed by atoms with E-state index < -0.39 is 124 Å². The van der Waals surface area contributed by atoms with E-state index in [1.807, 2.05) is 0 Å². The molecule has 564 valence electrons. The van der Waals surface area contributed by atoms with Crippen LogP contribution in [0.4, 0.5) is 0 Å². The molecule has 0 bridgehead atoms. The second-order valence-corrected chi connectivity index (χ2v) is 26.7. The number of allylic oxidation sites excluding steroid dienone is 18. The molecule has 12 N–H and O–H groups in total. The molecule has 0 saturated carbocycles. The Morgan fingerprint density at radius 2 is 0.704 bits per heavy atom. The normalized spacial score (nSPS) is 27.4. The summed E-state index contributed by atoms with van der Waals surface area (Å²) in [5, 5.41) is 121. The van der Waals surface area contributed by atoms with Crippen molar-refractivity contribution < 1.29 is 89.4 Å². The maximum atomic E-state index is 13.5. The molecular formula is C79H135NO18. The third-order valence-electron chi connectivity index (χ3n) is 18.4. The number of nitrogens with one attached hydrogen (secondary N) is 1. The first-order valence-electron chi connectivity index (χ1n) is 38.1. The Bertz CT molecular complexity index is 2200. The molecule has 0 spiro atoms. The summed E-state index contributed by atoms with van der Waals surface area (Å²) in [6, 6.07) is -0.902. The van der Waals surface area contributed by atoms with Gasteiger partial charge in [0.2, 0.25) is 5.91 Å². The Morgan fingerprint density at radius 3 is 1.10 bits per heavy atom. The van der Waals surface area contributed by atoms with Gasteiger partial charge in [-0.25, -0.2) is 0 Å². The number of amides is 1. The first kappa shape index (κ1) is 88.7. The van der Waals surface area contributed by atoms with Gasteiger partial charge in [-0.15, -0.1) is 0 Å². The van der Waals surface area contributed by atoms with Crippen LogP contribution in [0, 0.1) is 0 Å². The summed E-state index contributed by atoms with van der Waals surface area (Å²) in [5.41, 5.74) is 0. The highest BCUT2D eigenvalue weighted by Crippen LogP contribution is 2.33. The van der Waals surface area contributed by atoms with E-state index in [1.54, 1.807) is 0 Å². The zero-order valence-electron chi connectivity index (χ0n) is 60.0. The molecule has 17 atom stereocenters. The third kappa shape index (κ3) is 39.2. The summed E-state index contributed by atoms with van der Waals surface area (Å²) < 4.78 is 34.5. The van der Waals surface area contributed by atoms with Gasteiger partial charge in [-0.3, -0.25) is 4.79 Å². The van der Waals surface area contributed by atoms with Crippen molar-refractivity contribution in [1.29, 1.82) is 0 Å². The predicted octanol–water partition coefficient (Wildman–Crippen LogP) is 11.8. The first-order chi connectivity index (χ1) is 47.8. The maximum Gasteiger partial charge on any atom is 0.220 e. The summed E-state index contributed by atoms with van der Waals surface area (Å²) in [6.07, 6.45) is 53.0. The number of carbonyl (C=O) groups excluding carboxylic acids is 1. The second kappa shape index (κ2) is 58.9. The van der Waals surface area contributed by atoms with Crippen LogP contribution in [-0.4, -0.2) is 193 Å². The molecule has 3 saturated heterocycles. The fraction of sp³-hybridized carbons (Fsp3) is 0.759. The Balaban J connectivity index is 1.38.